The molecule has 0 N–H and O–H groups in total. The number of rotatable bonds is 27. The molecule has 0 aliphatic carbocycles. The summed E-state index contributed by atoms with van der Waals surface area (Å²) in [7, 11) is 0. The molecule has 0 spiro atoms. The molecule has 206 valence electrons. The average molecular weight is 490 g/mol. The third kappa shape index (κ3) is 18.2. The number of unbranched alkanes of at least 4 members (excludes halogenated alkanes) is 21. The van der Waals surface area contributed by atoms with E-state index in [1.54, 1.807) is 5.82 Å². The Morgan fingerprint density at radius 2 is 0.886 bits per heavy atom. The van der Waals surface area contributed by atoms with Crippen LogP contribution in [0.15, 0.2) is 12.4 Å². The monoisotopic (exact) mass is 490 g/mol. The van der Waals surface area contributed by atoms with Gasteiger partial charge in [0.1, 0.15) is 12.4 Å². The van der Waals surface area contributed by atoms with Crippen molar-refractivity contribution in [3.63, 3.8) is 0 Å². The highest BCUT2D eigenvalue weighted by atomic mass is 15.1. The van der Waals surface area contributed by atoms with Crippen LogP contribution in [0.3, 0.4) is 0 Å². The summed E-state index contributed by atoms with van der Waals surface area (Å²) in [4.78, 5) is 0. The van der Waals surface area contributed by atoms with Crippen molar-refractivity contribution in [3.8, 4) is 0 Å². The minimum absolute atomic E-state index is 1.22. The molecule has 0 saturated heterocycles. The molecule has 0 atom stereocenters. The molecular weight excluding hydrogens is 424 g/mol. The standard InChI is InChI=1S/C33H65N2/c1-4-7-10-13-15-16-17-18-19-21-24-27-30-35-32-31-34(29-26-23-12-9-6-3)33(35)28-25-22-20-14-11-8-5-2/h31-32H,4-30H2,1-3H3/q+1. The summed E-state index contributed by atoms with van der Waals surface area (Å²) < 4.78 is 5.21. The Morgan fingerprint density at radius 1 is 0.486 bits per heavy atom. The molecule has 0 aliphatic heterocycles. The van der Waals surface area contributed by atoms with Gasteiger partial charge in [0, 0.05) is 6.42 Å². The van der Waals surface area contributed by atoms with E-state index in [9.17, 15) is 0 Å². The van der Waals surface area contributed by atoms with Crippen molar-refractivity contribution in [2.75, 3.05) is 0 Å². The van der Waals surface area contributed by atoms with Crippen LogP contribution in [0.4, 0.5) is 0 Å². The third-order valence-corrected chi connectivity index (χ3v) is 7.85. The van der Waals surface area contributed by atoms with Gasteiger partial charge in [0.05, 0.1) is 13.1 Å². The second kappa shape index (κ2) is 24.9. The molecule has 1 heterocycles. The predicted octanol–water partition coefficient (Wildman–Crippen LogP) is 10.7. The molecule has 1 rings (SSSR count). The van der Waals surface area contributed by atoms with E-state index in [-0.39, 0.29) is 0 Å². The van der Waals surface area contributed by atoms with Crippen molar-refractivity contribution in [1.82, 2.24) is 4.57 Å². The summed E-state index contributed by atoms with van der Waals surface area (Å²) in [5.74, 6) is 1.61. The van der Waals surface area contributed by atoms with E-state index >= 15 is 0 Å². The van der Waals surface area contributed by atoms with Gasteiger partial charge in [-0.05, 0) is 32.1 Å². The van der Waals surface area contributed by atoms with Crippen LogP contribution in [0, 0.1) is 0 Å². The fourth-order valence-electron chi connectivity index (χ4n) is 5.44. The molecule has 1 aromatic heterocycles. The first kappa shape index (κ1) is 32.2. The van der Waals surface area contributed by atoms with Crippen LogP contribution in [0.5, 0.6) is 0 Å². The van der Waals surface area contributed by atoms with Crippen LogP contribution in [-0.2, 0) is 19.5 Å². The normalized spacial score (nSPS) is 11.5. The zero-order chi connectivity index (χ0) is 25.2. The first-order chi connectivity index (χ1) is 17.3. The Labute approximate surface area is 221 Å². The second-order valence-electron chi connectivity index (χ2n) is 11.3. The molecule has 0 fully saturated rings. The molecule has 35 heavy (non-hydrogen) atoms. The summed E-state index contributed by atoms with van der Waals surface area (Å²) in [6, 6.07) is 0. The van der Waals surface area contributed by atoms with E-state index in [1.807, 2.05) is 0 Å². The van der Waals surface area contributed by atoms with E-state index in [4.69, 9.17) is 0 Å². The van der Waals surface area contributed by atoms with Crippen LogP contribution in [0.2, 0.25) is 0 Å². The summed E-state index contributed by atoms with van der Waals surface area (Å²) in [5.41, 5.74) is 0. The predicted molar refractivity (Wildman–Crippen MR) is 156 cm³/mol. The fourth-order valence-corrected chi connectivity index (χ4v) is 5.44. The Morgan fingerprint density at radius 3 is 1.37 bits per heavy atom. The molecule has 0 bridgehead atoms. The molecular formula is C33H65N2+. The summed E-state index contributed by atoms with van der Waals surface area (Å²) in [5, 5.41) is 0. The summed E-state index contributed by atoms with van der Waals surface area (Å²) >= 11 is 0. The third-order valence-electron chi connectivity index (χ3n) is 7.85. The van der Waals surface area contributed by atoms with Crippen LogP contribution in [0.25, 0.3) is 0 Å². The molecule has 0 unspecified atom stereocenters. The van der Waals surface area contributed by atoms with Gasteiger partial charge in [-0.1, -0.05) is 143 Å². The number of hydrogen-bond donors (Lipinski definition) is 0. The minimum Gasteiger partial charge on any atom is -0.234 e. The number of hydrogen-bond acceptors (Lipinski definition) is 0. The highest BCUT2D eigenvalue weighted by Crippen LogP contribution is 2.14. The van der Waals surface area contributed by atoms with Crippen LogP contribution >= 0.6 is 0 Å². The van der Waals surface area contributed by atoms with Gasteiger partial charge < -0.3 is 0 Å². The Kier molecular flexibility index (Phi) is 22.9. The molecule has 0 saturated carbocycles. The SMILES string of the molecule is CCCCCCCCCCCCCCn1cc[n+](CCCCCCC)c1CCCCCCCCC. The lowest BCUT2D eigenvalue weighted by molar-refractivity contribution is -0.704. The first-order valence-corrected chi connectivity index (χ1v) is 16.4. The molecule has 0 amide bonds. The van der Waals surface area contributed by atoms with Gasteiger partial charge in [-0.2, -0.15) is 0 Å². The van der Waals surface area contributed by atoms with Gasteiger partial charge in [0.15, 0.2) is 0 Å². The Balaban J connectivity index is 2.28. The molecule has 0 radical (unpaired) electrons. The van der Waals surface area contributed by atoms with Crippen molar-refractivity contribution in [2.45, 2.75) is 194 Å². The van der Waals surface area contributed by atoms with Gasteiger partial charge in [-0.25, -0.2) is 9.13 Å². The van der Waals surface area contributed by atoms with E-state index in [1.165, 1.54) is 174 Å². The number of aromatic nitrogens is 2. The lowest BCUT2D eigenvalue weighted by atomic mass is 10.1. The van der Waals surface area contributed by atoms with Crippen LogP contribution in [-0.4, -0.2) is 4.57 Å². The quantitative estimate of drug-likeness (QED) is 0.0858. The highest BCUT2D eigenvalue weighted by Gasteiger charge is 2.16. The van der Waals surface area contributed by atoms with Crippen molar-refractivity contribution in [1.29, 1.82) is 0 Å². The topological polar surface area (TPSA) is 8.81 Å². The minimum atomic E-state index is 1.22. The maximum absolute atomic E-state index is 2.61. The van der Waals surface area contributed by atoms with E-state index in [0.29, 0.717) is 0 Å². The lowest BCUT2D eigenvalue weighted by Gasteiger charge is -2.07. The van der Waals surface area contributed by atoms with Crippen molar-refractivity contribution < 1.29 is 4.57 Å². The molecule has 2 heteroatoms. The fraction of sp³-hybridized carbons (Fsp3) is 0.909. The van der Waals surface area contributed by atoms with Crippen molar-refractivity contribution in [3.05, 3.63) is 18.2 Å². The molecule has 1 aromatic rings. The van der Waals surface area contributed by atoms with Gasteiger partial charge in [-0.3, -0.25) is 0 Å². The molecule has 0 aliphatic rings. The van der Waals surface area contributed by atoms with E-state index in [0.717, 1.165) is 0 Å². The summed E-state index contributed by atoms with van der Waals surface area (Å²) in [6.07, 6.45) is 40.0. The van der Waals surface area contributed by atoms with E-state index in [2.05, 4.69) is 42.3 Å². The highest BCUT2D eigenvalue weighted by molar-refractivity contribution is 4.84. The van der Waals surface area contributed by atoms with Crippen LogP contribution in [0.1, 0.15) is 181 Å². The maximum atomic E-state index is 2.61. The molecule has 0 aromatic carbocycles. The lowest BCUT2D eigenvalue weighted by Crippen LogP contribution is -2.37. The Bertz CT molecular complexity index is 547. The van der Waals surface area contributed by atoms with Gasteiger partial charge in [-0.15, -0.1) is 0 Å². The number of nitrogens with zero attached hydrogens (tertiary/aromatic N) is 2. The van der Waals surface area contributed by atoms with Crippen LogP contribution < -0.4 is 4.57 Å². The second-order valence-corrected chi connectivity index (χ2v) is 11.3. The van der Waals surface area contributed by atoms with Gasteiger partial charge in [0.25, 0.3) is 5.82 Å². The molecule has 2 nitrogen and oxygen atoms in total. The van der Waals surface area contributed by atoms with Gasteiger partial charge in [0.2, 0.25) is 0 Å². The first-order valence-electron chi connectivity index (χ1n) is 16.4. The zero-order valence-corrected chi connectivity index (χ0v) is 24.6. The summed E-state index contributed by atoms with van der Waals surface area (Å²) in [6.45, 7) is 9.38. The smallest absolute Gasteiger partial charge is 0.234 e. The van der Waals surface area contributed by atoms with Crippen molar-refractivity contribution >= 4 is 0 Å². The largest absolute Gasteiger partial charge is 0.256 e. The average Bonchev–Trinajstić information content (AvgIpc) is 3.25. The zero-order valence-electron chi connectivity index (χ0n) is 24.6. The van der Waals surface area contributed by atoms with Gasteiger partial charge >= 0.3 is 0 Å². The number of aryl methyl sites for hydroxylation is 2. The number of imidazole rings is 1. The Hall–Kier alpha value is -0.790. The van der Waals surface area contributed by atoms with Crippen molar-refractivity contribution in [2.24, 2.45) is 0 Å². The maximum Gasteiger partial charge on any atom is 0.256 e. The van der Waals surface area contributed by atoms with E-state index < -0.39 is 0 Å².